The number of piperidine rings is 1. The van der Waals surface area contributed by atoms with Gasteiger partial charge in [-0.05, 0) is 68.9 Å². The van der Waals surface area contributed by atoms with Gasteiger partial charge in [-0.25, -0.2) is 0 Å². The predicted octanol–water partition coefficient (Wildman–Crippen LogP) is 3.12. The zero-order chi connectivity index (χ0) is 13.9. The standard InChI is InChI=1S/C17H28N2/c1-14-5-6-16(11-15(14)2)12-18-13-17(3)7-9-19(4)10-8-17/h5-6,11,18H,7-10,12-13H2,1-4H3. The molecule has 2 nitrogen and oxygen atoms in total. The Balaban J connectivity index is 1.81. The highest BCUT2D eigenvalue weighted by Crippen LogP contribution is 2.29. The molecular weight excluding hydrogens is 232 g/mol. The molecule has 19 heavy (non-hydrogen) atoms. The summed E-state index contributed by atoms with van der Waals surface area (Å²) in [5.41, 5.74) is 4.65. The maximum absolute atomic E-state index is 3.65. The number of benzene rings is 1. The topological polar surface area (TPSA) is 15.3 Å². The zero-order valence-corrected chi connectivity index (χ0v) is 12.9. The first kappa shape index (κ1) is 14.5. The molecule has 1 aliphatic heterocycles. The lowest BCUT2D eigenvalue weighted by molar-refractivity contribution is 0.137. The van der Waals surface area contributed by atoms with Gasteiger partial charge in [-0.3, -0.25) is 0 Å². The fraction of sp³-hybridized carbons (Fsp3) is 0.647. The van der Waals surface area contributed by atoms with Crippen molar-refractivity contribution in [3.8, 4) is 0 Å². The van der Waals surface area contributed by atoms with Crippen LogP contribution in [0.15, 0.2) is 18.2 Å². The predicted molar refractivity (Wildman–Crippen MR) is 82.5 cm³/mol. The third-order valence-corrected chi connectivity index (χ3v) is 4.65. The molecular formula is C17H28N2. The summed E-state index contributed by atoms with van der Waals surface area (Å²) >= 11 is 0. The molecule has 1 saturated heterocycles. The van der Waals surface area contributed by atoms with E-state index in [2.05, 4.69) is 56.2 Å². The second-order valence-electron chi connectivity index (χ2n) is 6.64. The minimum atomic E-state index is 0.478. The van der Waals surface area contributed by atoms with E-state index in [-0.39, 0.29) is 0 Å². The molecule has 1 aliphatic rings. The van der Waals surface area contributed by atoms with Crippen LogP contribution >= 0.6 is 0 Å². The summed E-state index contributed by atoms with van der Waals surface area (Å²) in [5, 5.41) is 3.65. The molecule has 1 heterocycles. The van der Waals surface area contributed by atoms with Crippen LogP contribution < -0.4 is 5.32 Å². The van der Waals surface area contributed by atoms with Gasteiger partial charge in [0.1, 0.15) is 0 Å². The summed E-state index contributed by atoms with van der Waals surface area (Å²) in [6.45, 7) is 11.4. The van der Waals surface area contributed by atoms with Gasteiger partial charge < -0.3 is 10.2 Å². The van der Waals surface area contributed by atoms with Crippen molar-refractivity contribution in [2.75, 3.05) is 26.7 Å². The minimum Gasteiger partial charge on any atom is -0.312 e. The summed E-state index contributed by atoms with van der Waals surface area (Å²) in [6.07, 6.45) is 2.62. The Hall–Kier alpha value is -0.860. The number of aryl methyl sites for hydroxylation is 2. The van der Waals surface area contributed by atoms with Crippen LogP contribution in [0.5, 0.6) is 0 Å². The van der Waals surface area contributed by atoms with Crippen LogP contribution in [0.2, 0.25) is 0 Å². The van der Waals surface area contributed by atoms with E-state index in [1.165, 1.54) is 42.6 Å². The average Bonchev–Trinajstić information content (AvgIpc) is 2.38. The molecule has 0 radical (unpaired) electrons. The molecule has 0 aromatic heterocycles. The van der Waals surface area contributed by atoms with Crippen LogP contribution in [0.4, 0.5) is 0 Å². The third kappa shape index (κ3) is 4.05. The van der Waals surface area contributed by atoms with Crippen LogP contribution in [0.1, 0.15) is 36.5 Å². The van der Waals surface area contributed by atoms with Crippen LogP contribution in [-0.4, -0.2) is 31.6 Å². The Bertz CT molecular complexity index is 417. The fourth-order valence-corrected chi connectivity index (χ4v) is 2.76. The fourth-order valence-electron chi connectivity index (χ4n) is 2.76. The van der Waals surface area contributed by atoms with Crippen molar-refractivity contribution in [1.29, 1.82) is 0 Å². The SMILES string of the molecule is Cc1ccc(CNCC2(C)CCN(C)CC2)cc1C. The molecule has 0 spiro atoms. The Morgan fingerprint density at radius 1 is 1.16 bits per heavy atom. The average molecular weight is 260 g/mol. The van der Waals surface area contributed by atoms with Gasteiger partial charge in [-0.15, -0.1) is 0 Å². The molecule has 1 aromatic rings. The third-order valence-electron chi connectivity index (χ3n) is 4.65. The Labute approximate surface area is 118 Å². The summed E-state index contributed by atoms with van der Waals surface area (Å²) in [5.74, 6) is 0. The van der Waals surface area contributed by atoms with Crippen LogP contribution in [0.25, 0.3) is 0 Å². The second-order valence-corrected chi connectivity index (χ2v) is 6.64. The van der Waals surface area contributed by atoms with Gasteiger partial charge in [0, 0.05) is 13.1 Å². The zero-order valence-electron chi connectivity index (χ0n) is 12.9. The Morgan fingerprint density at radius 2 is 1.84 bits per heavy atom. The highest BCUT2D eigenvalue weighted by Gasteiger charge is 2.28. The van der Waals surface area contributed by atoms with Gasteiger partial charge in [0.15, 0.2) is 0 Å². The van der Waals surface area contributed by atoms with Crippen molar-refractivity contribution >= 4 is 0 Å². The number of rotatable bonds is 4. The summed E-state index contributed by atoms with van der Waals surface area (Å²) in [7, 11) is 2.22. The molecule has 0 aliphatic carbocycles. The lowest BCUT2D eigenvalue weighted by Gasteiger charge is -2.38. The number of likely N-dealkylation sites (tertiary alicyclic amines) is 1. The minimum absolute atomic E-state index is 0.478. The molecule has 1 fully saturated rings. The van der Waals surface area contributed by atoms with Crippen molar-refractivity contribution in [1.82, 2.24) is 10.2 Å². The number of nitrogens with zero attached hydrogens (tertiary/aromatic N) is 1. The van der Waals surface area contributed by atoms with Gasteiger partial charge in [0.2, 0.25) is 0 Å². The van der Waals surface area contributed by atoms with Gasteiger partial charge in [-0.2, -0.15) is 0 Å². The maximum Gasteiger partial charge on any atom is 0.0205 e. The van der Waals surface area contributed by atoms with E-state index in [1.54, 1.807) is 0 Å². The van der Waals surface area contributed by atoms with E-state index in [4.69, 9.17) is 0 Å². The lowest BCUT2D eigenvalue weighted by atomic mass is 9.80. The molecule has 0 bridgehead atoms. The van der Waals surface area contributed by atoms with E-state index >= 15 is 0 Å². The molecule has 0 saturated carbocycles. The smallest absolute Gasteiger partial charge is 0.0205 e. The Morgan fingerprint density at radius 3 is 2.47 bits per heavy atom. The van der Waals surface area contributed by atoms with Gasteiger partial charge in [-0.1, -0.05) is 25.1 Å². The maximum atomic E-state index is 3.65. The number of hydrogen-bond acceptors (Lipinski definition) is 2. The van der Waals surface area contributed by atoms with E-state index in [0.29, 0.717) is 5.41 Å². The molecule has 1 aromatic carbocycles. The van der Waals surface area contributed by atoms with Gasteiger partial charge in [0.05, 0.1) is 0 Å². The van der Waals surface area contributed by atoms with Crippen molar-refractivity contribution in [2.45, 2.75) is 40.2 Å². The van der Waals surface area contributed by atoms with Crippen molar-refractivity contribution in [3.05, 3.63) is 34.9 Å². The normalized spacial score (nSPS) is 19.6. The first-order chi connectivity index (χ1) is 8.98. The van der Waals surface area contributed by atoms with Crippen LogP contribution in [0.3, 0.4) is 0 Å². The highest BCUT2D eigenvalue weighted by molar-refractivity contribution is 5.29. The van der Waals surface area contributed by atoms with Gasteiger partial charge >= 0.3 is 0 Å². The molecule has 0 amide bonds. The summed E-state index contributed by atoms with van der Waals surface area (Å²) in [4.78, 5) is 2.44. The van der Waals surface area contributed by atoms with E-state index in [1.807, 2.05) is 0 Å². The van der Waals surface area contributed by atoms with E-state index in [0.717, 1.165) is 13.1 Å². The molecule has 106 valence electrons. The molecule has 0 unspecified atom stereocenters. The van der Waals surface area contributed by atoms with E-state index in [9.17, 15) is 0 Å². The first-order valence-electron chi connectivity index (χ1n) is 7.44. The lowest BCUT2D eigenvalue weighted by Crippen LogP contribution is -2.41. The summed E-state index contributed by atoms with van der Waals surface area (Å²) < 4.78 is 0. The van der Waals surface area contributed by atoms with Gasteiger partial charge in [0.25, 0.3) is 0 Å². The number of hydrogen-bond donors (Lipinski definition) is 1. The molecule has 0 atom stereocenters. The first-order valence-corrected chi connectivity index (χ1v) is 7.44. The molecule has 1 N–H and O–H groups in total. The molecule has 2 heteroatoms. The van der Waals surface area contributed by atoms with Crippen LogP contribution in [-0.2, 0) is 6.54 Å². The Kier molecular flexibility index (Phi) is 4.64. The van der Waals surface area contributed by atoms with E-state index < -0.39 is 0 Å². The largest absolute Gasteiger partial charge is 0.312 e. The van der Waals surface area contributed by atoms with Crippen molar-refractivity contribution in [3.63, 3.8) is 0 Å². The van der Waals surface area contributed by atoms with Crippen molar-refractivity contribution in [2.24, 2.45) is 5.41 Å². The summed E-state index contributed by atoms with van der Waals surface area (Å²) in [6, 6.07) is 6.77. The monoisotopic (exact) mass is 260 g/mol. The van der Waals surface area contributed by atoms with Crippen molar-refractivity contribution < 1.29 is 0 Å². The highest BCUT2D eigenvalue weighted by atomic mass is 15.1. The second kappa shape index (κ2) is 6.06. The number of nitrogens with one attached hydrogen (secondary N) is 1. The van der Waals surface area contributed by atoms with Crippen LogP contribution in [0, 0.1) is 19.3 Å². The molecule has 2 rings (SSSR count). The quantitative estimate of drug-likeness (QED) is 0.895.